The Balaban J connectivity index is 2.71. The van der Waals surface area contributed by atoms with Gasteiger partial charge in [-0.15, -0.1) is 0 Å². The first-order valence-electron chi connectivity index (χ1n) is 5.72. The summed E-state index contributed by atoms with van der Waals surface area (Å²) in [6.45, 7) is 3.71. The Morgan fingerprint density at radius 1 is 1.44 bits per heavy atom. The molecule has 0 bridgehead atoms. The van der Waals surface area contributed by atoms with E-state index in [0.717, 1.165) is 19.3 Å². The number of rotatable bonds is 4. The summed E-state index contributed by atoms with van der Waals surface area (Å²) in [6.07, 6.45) is 2.93. The van der Waals surface area contributed by atoms with Crippen molar-refractivity contribution in [2.75, 3.05) is 0 Å². The molecule has 0 amide bonds. The van der Waals surface area contributed by atoms with Gasteiger partial charge < -0.3 is 9.84 Å². The Kier molecular flexibility index (Phi) is 4.52. The number of esters is 1. The van der Waals surface area contributed by atoms with Gasteiger partial charge in [0.1, 0.15) is 17.4 Å². The number of Topliss-reactive ketones (excluding diaryl/α,β-unsaturated/α-hetero) is 1. The highest BCUT2D eigenvalue weighted by Crippen LogP contribution is 2.21. The summed E-state index contributed by atoms with van der Waals surface area (Å²) < 4.78 is 4.92. The summed E-state index contributed by atoms with van der Waals surface area (Å²) >= 11 is 0. The molecule has 0 spiro atoms. The molecule has 0 aromatic heterocycles. The quantitative estimate of drug-likeness (QED) is 0.262. The van der Waals surface area contributed by atoms with Crippen molar-refractivity contribution >= 4 is 11.8 Å². The normalized spacial score (nSPS) is 24.2. The second kappa shape index (κ2) is 5.68. The minimum absolute atomic E-state index is 0.115. The summed E-state index contributed by atoms with van der Waals surface area (Å²) in [5.41, 5.74) is -0.144. The van der Waals surface area contributed by atoms with E-state index in [1.54, 1.807) is 6.92 Å². The van der Waals surface area contributed by atoms with E-state index >= 15 is 0 Å². The molecular weight excluding hydrogens is 208 g/mol. The molecule has 1 aliphatic rings. The van der Waals surface area contributed by atoms with Gasteiger partial charge in [0.25, 0.3) is 0 Å². The average Bonchev–Trinajstić information content (AvgIpc) is 2.16. The summed E-state index contributed by atoms with van der Waals surface area (Å²) in [5.74, 6) is -1.11. The maximum atomic E-state index is 11.6. The molecule has 0 radical (unpaired) electrons. The monoisotopic (exact) mass is 226 g/mol. The first kappa shape index (κ1) is 12.7. The summed E-state index contributed by atoms with van der Waals surface area (Å²) in [5, 5.41) is 9.69. The number of ether oxygens (including phenoxy) is 1. The lowest BCUT2D eigenvalue weighted by atomic mass is 9.99. The molecule has 1 N–H and O–H groups in total. The Hall–Kier alpha value is -1.32. The van der Waals surface area contributed by atoms with Gasteiger partial charge in [0.2, 0.25) is 0 Å². The van der Waals surface area contributed by atoms with Gasteiger partial charge >= 0.3 is 5.97 Å². The zero-order chi connectivity index (χ0) is 12.1. The molecular formula is C12H18O4. The van der Waals surface area contributed by atoms with Crippen LogP contribution in [0.4, 0.5) is 0 Å². The van der Waals surface area contributed by atoms with Crippen molar-refractivity contribution < 1.29 is 19.4 Å². The van der Waals surface area contributed by atoms with Gasteiger partial charge in [-0.05, 0) is 13.3 Å². The van der Waals surface area contributed by atoms with E-state index in [4.69, 9.17) is 4.74 Å². The maximum Gasteiger partial charge on any atom is 0.345 e. The lowest BCUT2D eigenvalue weighted by molar-refractivity contribution is -0.150. The van der Waals surface area contributed by atoms with Crippen LogP contribution in [0.15, 0.2) is 11.3 Å². The van der Waals surface area contributed by atoms with E-state index in [1.807, 2.05) is 6.92 Å². The van der Waals surface area contributed by atoms with Crippen LogP contribution in [0.3, 0.4) is 0 Å². The molecule has 0 aliphatic carbocycles. The van der Waals surface area contributed by atoms with Crippen molar-refractivity contribution in [1.82, 2.24) is 0 Å². The topological polar surface area (TPSA) is 63.6 Å². The molecule has 1 atom stereocenters. The molecule has 1 rings (SSSR count). The summed E-state index contributed by atoms with van der Waals surface area (Å²) in [4.78, 5) is 23.0. The molecule has 1 fully saturated rings. The summed E-state index contributed by atoms with van der Waals surface area (Å²) in [6, 6.07) is 0. The minimum atomic E-state index is -0.683. The standard InChI is InChI=1S/C12H18O4/c1-3-4-5-6-9(13)11-10(14)7-8(2)16-12(11)15/h8,13H,3-7H2,1-2H3. The van der Waals surface area contributed by atoms with Gasteiger partial charge in [0.05, 0.1) is 0 Å². The highest BCUT2D eigenvalue weighted by atomic mass is 16.5. The number of aliphatic hydroxyl groups is 1. The Morgan fingerprint density at radius 3 is 2.69 bits per heavy atom. The smallest absolute Gasteiger partial charge is 0.345 e. The lowest BCUT2D eigenvalue weighted by Crippen LogP contribution is -2.31. The maximum absolute atomic E-state index is 11.6. The fourth-order valence-corrected chi connectivity index (χ4v) is 1.71. The molecule has 1 unspecified atom stereocenters. The predicted octanol–water partition coefficient (Wildman–Crippen LogP) is 2.28. The Bertz CT molecular complexity index is 297. The first-order valence-corrected chi connectivity index (χ1v) is 5.72. The molecule has 90 valence electrons. The molecule has 0 aromatic carbocycles. The van der Waals surface area contributed by atoms with Gasteiger partial charge in [-0.1, -0.05) is 19.8 Å². The fraction of sp³-hybridized carbons (Fsp3) is 0.667. The van der Waals surface area contributed by atoms with Crippen LogP contribution >= 0.6 is 0 Å². The van der Waals surface area contributed by atoms with Gasteiger partial charge in [-0.25, -0.2) is 4.79 Å². The molecule has 4 heteroatoms. The average molecular weight is 226 g/mol. The molecule has 16 heavy (non-hydrogen) atoms. The number of cyclic esters (lactones) is 1. The number of unbranched alkanes of at least 4 members (excludes halogenated alkanes) is 2. The van der Waals surface area contributed by atoms with Crippen LogP contribution in [0.5, 0.6) is 0 Å². The number of ketones is 1. The second-order valence-corrected chi connectivity index (χ2v) is 4.12. The van der Waals surface area contributed by atoms with Crippen LogP contribution in [0.1, 0.15) is 46.0 Å². The number of carbonyl (C=O) groups is 2. The largest absolute Gasteiger partial charge is 0.511 e. The van der Waals surface area contributed by atoms with Crippen molar-refractivity contribution in [2.24, 2.45) is 0 Å². The third-order valence-corrected chi connectivity index (χ3v) is 2.57. The van der Waals surface area contributed by atoms with E-state index < -0.39 is 5.97 Å². The van der Waals surface area contributed by atoms with E-state index in [9.17, 15) is 14.7 Å². The second-order valence-electron chi connectivity index (χ2n) is 4.12. The van der Waals surface area contributed by atoms with Crippen LogP contribution in [0.25, 0.3) is 0 Å². The predicted molar refractivity (Wildman–Crippen MR) is 59.0 cm³/mol. The zero-order valence-corrected chi connectivity index (χ0v) is 9.78. The fourth-order valence-electron chi connectivity index (χ4n) is 1.71. The van der Waals surface area contributed by atoms with Gasteiger partial charge in [-0.2, -0.15) is 0 Å². The third-order valence-electron chi connectivity index (χ3n) is 2.57. The van der Waals surface area contributed by atoms with Crippen molar-refractivity contribution in [3.05, 3.63) is 11.3 Å². The van der Waals surface area contributed by atoms with Crippen molar-refractivity contribution in [2.45, 2.75) is 52.1 Å². The van der Waals surface area contributed by atoms with E-state index in [2.05, 4.69) is 0 Å². The number of aliphatic hydroxyl groups excluding tert-OH is 1. The molecule has 0 saturated carbocycles. The van der Waals surface area contributed by atoms with E-state index in [-0.39, 0.29) is 29.6 Å². The van der Waals surface area contributed by atoms with Crippen LogP contribution in [-0.4, -0.2) is 23.0 Å². The highest BCUT2D eigenvalue weighted by molar-refractivity contribution is 6.19. The molecule has 4 nitrogen and oxygen atoms in total. The summed E-state index contributed by atoms with van der Waals surface area (Å²) in [7, 11) is 0. The number of hydrogen-bond acceptors (Lipinski definition) is 4. The molecule has 1 saturated heterocycles. The van der Waals surface area contributed by atoms with Crippen LogP contribution < -0.4 is 0 Å². The molecule has 0 aromatic rings. The highest BCUT2D eigenvalue weighted by Gasteiger charge is 2.32. The molecule has 1 aliphatic heterocycles. The number of carbonyl (C=O) groups excluding carboxylic acids is 2. The van der Waals surface area contributed by atoms with E-state index in [1.165, 1.54) is 0 Å². The van der Waals surface area contributed by atoms with Crippen molar-refractivity contribution in [3.63, 3.8) is 0 Å². The van der Waals surface area contributed by atoms with Gasteiger partial charge in [0.15, 0.2) is 5.78 Å². The zero-order valence-electron chi connectivity index (χ0n) is 9.78. The minimum Gasteiger partial charge on any atom is -0.511 e. The number of allylic oxidation sites excluding steroid dienone is 1. The van der Waals surface area contributed by atoms with Gasteiger partial charge in [-0.3, -0.25) is 4.79 Å². The van der Waals surface area contributed by atoms with Gasteiger partial charge in [0, 0.05) is 12.8 Å². The van der Waals surface area contributed by atoms with Crippen LogP contribution in [-0.2, 0) is 14.3 Å². The Labute approximate surface area is 95.3 Å². The van der Waals surface area contributed by atoms with Crippen molar-refractivity contribution in [3.8, 4) is 0 Å². The Morgan fingerprint density at radius 2 is 2.12 bits per heavy atom. The third kappa shape index (κ3) is 3.08. The first-order chi connectivity index (χ1) is 7.56. The lowest BCUT2D eigenvalue weighted by Gasteiger charge is -2.20. The van der Waals surface area contributed by atoms with Crippen LogP contribution in [0, 0.1) is 0 Å². The number of hydrogen-bond donors (Lipinski definition) is 1. The SMILES string of the molecule is CCCCCC(O)=C1C(=O)CC(C)OC1=O. The van der Waals surface area contributed by atoms with E-state index in [0.29, 0.717) is 6.42 Å². The van der Waals surface area contributed by atoms with Crippen molar-refractivity contribution in [1.29, 1.82) is 0 Å². The van der Waals surface area contributed by atoms with Crippen LogP contribution in [0.2, 0.25) is 0 Å². The molecule has 1 heterocycles.